The van der Waals surface area contributed by atoms with E-state index >= 15 is 0 Å². The van der Waals surface area contributed by atoms with Crippen molar-refractivity contribution in [2.45, 2.75) is 19.5 Å². The largest absolute Gasteiger partial charge is 0.467 e. The van der Waals surface area contributed by atoms with Gasteiger partial charge in [0, 0.05) is 11.1 Å². The summed E-state index contributed by atoms with van der Waals surface area (Å²) in [6.45, 7) is 1.74. The highest BCUT2D eigenvalue weighted by Gasteiger charge is 2.14. The number of amides is 2. The number of carbonyl (C=O) groups is 2. The summed E-state index contributed by atoms with van der Waals surface area (Å²) < 4.78 is 5.24. The number of carbonyl (C=O) groups excluding carboxylic acids is 2. The lowest BCUT2D eigenvalue weighted by Crippen LogP contribution is -2.30. The zero-order valence-corrected chi connectivity index (χ0v) is 13.4. The van der Waals surface area contributed by atoms with Gasteiger partial charge in [0.1, 0.15) is 12.3 Å². The molecule has 9 heteroatoms. The number of hydrogen-bond acceptors (Lipinski definition) is 6. The Morgan fingerprint density at radius 2 is 2.04 bits per heavy atom. The van der Waals surface area contributed by atoms with Crippen LogP contribution in [0.2, 0.25) is 0 Å². The van der Waals surface area contributed by atoms with Gasteiger partial charge < -0.3 is 15.5 Å². The van der Waals surface area contributed by atoms with Crippen molar-refractivity contribution >= 4 is 11.8 Å². The van der Waals surface area contributed by atoms with Crippen molar-refractivity contribution in [3.63, 3.8) is 0 Å². The van der Waals surface area contributed by atoms with E-state index in [-0.39, 0.29) is 18.5 Å². The second-order valence-corrected chi connectivity index (χ2v) is 5.39. The molecule has 0 saturated heterocycles. The summed E-state index contributed by atoms with van der Waals surface area (Å²) in [4.78, 5) is 24.3. The van der Waals surface area contributed by atoms with Crippen molar-refractivity contribution in [2.75, 3.05) is 0 Å². The summed E-state index contributed by atoms with van der Waals surface area (Å²) in [6.07, 6.45) is 1.55. The van der Waals surface area contributed by atoms with Crippen LogP contribution in [0.4, 0.5) is 0 Å². The Morgan fingerprint density at radius 1 is 1.28 bits per heavy atom. The average Bonchev–Trinajstić information content (AvgIpc) is 3.26. The molecule has 9 nitrogen and oxygen atoms in total. The molecule has 0 radical (unpaired) electrons. The molecule has 0 unspecified atom stereocenters. The number of hydrogen-bond donors (Lipinski definition) is 2. The lowest BCUT2D eigenvalue weighted by atomic mass is 10.1. The normalized spacial score (nSPS) is 11.9. The van der Waals surface area contributed by atoms with Gasteiger partial charge in [0.05, 0.1) is 12.3 Å². The van der Waals surface area contributed by atoms with Crippen molar-refractivity contribution < 1.29 is 14.0 Å². The van der Waals surface area contributed by atoms with Crippen LogP contribution in [0.1, 0.15) is 29.1 Å². The molecular formula is C16H16N6O3. The van der Waals surface area contributed by atoms with Crippen LogP contribution in [-0.2, 0) is 11.3 Å². The summed E-state index contributed by atoms with van der Waals surface area (Å²) >= 11 is 0. The predicted octanol–water partition coefficient (Wildman–Crippen LogP) is 0.909. The maximum absolute atomic E-state index is 12.1. The van der Waals surface area contributed by atoms with E-state index in [1.165, 1.54) is 4.80 Å². The molecule has 3 aromatic rings. The first kappa shape index (κ1) is 16.4. The van der Waals surface area contributed by atoms with Gasteiger partial charge in [-0.2, -0.15) is 4.80 Å². The number of nitrogens with one attached hydrogen (secondary N) is 1. The number of primary amides is 1. The van der Waals surface area contributed by atoms with Crippen LogP contribution in [0.5, 0.6) is 0 Å². The van der Waals surface area contributed by atoms with Crippen LogP contribution < -0.4 is 11.1 Å². The van der Waals surface area contributed by atoms with E-state index in [1.807, 2.05) is 6.92 Å². The van der Waals surface area contributed by atoms with Crippen molar-refractivity contribution in [1.82, 2.24) is 25.5 Å². The molecule has 0 aliphatic carbocycles. The zero-order chi connectivity index (χ0) is 17.8. The maximum Gasteiger partial charge on any atom is 0.248 e. The van der Waals surface area contributed by atoms with Crippen LogP contribution in [0.25, 0.3) is 11.4 Å². The second-order valence-electron chi connectivity index (χ2n) is 5.39. The zero-order valence-electron chi connectivity index (χ0n) is 13.4. The minimum absolute atomic E-state index is 0.0720. The Bertz CT molecular complexity index is 870. The van der Waals surface area contributed by atoms with Gasteiger partial charge in [-0.05, 0) is 36.4 Å². The number of nitrogens with two attached hydrogens (primary N) is 1. The third-order valence-electron chi connectivity index (χ3n) is 3.51. The molecular weight excluding hydrogens is 324 g/mol. The number of rotatable bonds is 6. The number of benzene rings is 1. The predicted molar refractivity (Wildman–Crippen MR) is 87.0 cm³/mol. The summed E-state index contributed by atoms with van der Waals surface area (Å²) in [7, 11) is 0. The van der Waals surface area contributed by atoms with E-state index in [0.29, 0.717) is 22.7 Å². The molecule has 128 valence electrons. The molecule has 1 aromatic carbocycles. The Labute approximate surface area is 142 Å². The number of nitrogens with zero attached hydrogens (tertiary/aromatic N) is 4. The topological polar surface area (TPSA) is 129 Å². The minimum Gasteiger partial charge on any atom is -0.467 e. The van der Waals surface area contributed by atoms with Crippen molar-refractivity contribution in [3.05, 3.63) is 54.0 Å². The SMILES string of the molecule is C[C@H](NC(=O)Cn1nnc(-c2ccc(C(N)=O)cc2)n1)c1ccco1. The number of furan rings is 1. The van der Waals surface area contributed by atoms with Crippen molar-refractivity contribution in [1.29, 1.82) is 0 Å². The fraction of sp³-hybridized carbons (Fsp3) is 0.188. The first-order valence-corrected chi connectivity index (χ1v) is 7.54. The Kier molecular flexibility index (Phi) is 4.55. The van der Waals surface area contributed by atoms with E-state index in [2.05, 4.69) is 20.7 Å². The molecule has 3 rings (SSSR count). The molecule has 0 fully saturated rings. The third kappa shape index (κ3) is 3.89. The molecule has 3 N–H and O–H groups in total. The van der Waals surface area contributed by atoms with Crippen LogP contribution in [-0.4, -0.2) is 32.0 Å². The number of aromatic nitrogens is 4. The van der Waals surface area contributed by atoms with E-state index in [4.69, 9.17) is 10.2 Å². The Balaban J connectivity index is 1.63. The highest BCUT2D eigenvalue weighted by Crippen LogP contribution is 2.14. The Hall–Kier alpha value is -3.49. The quantitative estimate of drug-likeness (QED) is 0.686. The molecule has 2 amide bonds. The third-order valence-corrected chi connectivity index (χ3v) is 3.51. The van der Waals surface area contributed by atoms with E-state index in [1.54, 1.807) is 42.7 Å². The maximum atomic E-state index is 12.1. The summed E-state index contributed by atoms with van der Waals surface area (Å²) in [5.41, 5.74) is 6.26. The molecule has 0 bridgehead atoms. The highest BCUT2D eigenvalue weighted by molar-refractivity contribution is 5.93. The van der Waals surface area contributed by atoms with Gasteiger partial charge in [-0.1, -0.05) is 12.1 Å². The lowest BCUT2D eigenvalue weighted by molar-refractivity contribution is -0.122. The van der Waals surface area contributed by atoms with Gasteiger partial charge in [-0.25, -0.2) is 0 Å². The summed E-state index contributed by atoms with van der Waals surface area (Å²) in [5.74, 6) is 0.237. The van der Waals surface area contributed by atoms with Gasteiger partial charge in [0.2, 0.25) is 17.6 Å². The average molecular weight is 340 g/mol. The van der Waals surface area contributed by atoms with E-state index in [0.717, 1.165) is 0 Å². The fourth-order valence-corrected chi connectivity index (χ4v) is 2.23. The van der Waals surface area contributed by atoms with Gasteiger partial charge >= 0.3 is 0 Å². The van der Waals surface area contributed by atoms with E-state index < -0.39 is 5.91 Å². The van der Waals surface area contributed by atoms with Crippen molar-refractivity contribution in [2.24, 2.45) is 5.73 Å². The second kappa shape index (κ2) is 6.95. The molecule has 0 aliphatic heterocycles. The molecule has 2 aromatic heterocycles. The smallest absolute Gasteiger partial charge is 0.248 e. The summed E-state index contributed by atoms with van der Waals surface area (Å²) in [6, 6.07) is 9.78. The van der Waals surface area contributed by atoms with E-state index in [9.17, 15) is 9.59 Å². The first-order valence-electron chi connectivity index (χ1n) is 7.54. The van der Waals surface area contributed by atoms with Gasteiger partial charge in [-0.3, -0.25) is 9.59 Å². The minimum atomic E-state index is -0.509. The van der Waals surface area contributed by atoms with Gasteiger partial charge in [0.25, 0.3) is 0 Å². The molecule has 1 atom stereocenters. The summed E-state index contributed by atoms with van der Waals surface area (Å²) in [5, 5.41) is 14.7. The highest BCUT2D eigenvalue weighted by atomic mass is 16.3. The Morgan fingerprint density at radius 3 is 2.68 bits per heavy atom. The van der Waals surface area contributed by atoms with Crippen LogP contribution in [0.3, 0.4) is 0 Å². The lowest BCUT2D eigenvalue weighted by Gasteiger charge is -2.10. The monoisotopic (exact) mass is 340 g/mol. The van der Waals surface area contributed by atoms with Crippen LogP contribution >= 0.6 is 0 Å². The molecule has 0 saturated carbocycles. The fourth-order valence-electron chi connectivity index (χ4n) is 2.23. The number of tetrazole rings is 1. The molecule has 0 aliphatic rings. The van der Waals surface area contributed by atoms with Crippen molar-refractivity contribution in [3.8, 4) is 11.4 Å². The molecule has 0 spiro atoms. The molecule has 25 heavy (non-hydrogen) atoms. The van der Waals surface area contributed by atoms with Gasteiger partial charge in [0.15, 0.2) is 0 Å². The van der Waals surface area contributed by atoms with Gasteiger partial charge in [-0.15, -0.1) is 10.2 Å². The first-order chi connectivity index (χ1) is 12.0. The standard InChI is InChI=1S/C16H16N6O3/c1-10(13-3-2-8-25-13)18-14(23)9-22-20-16(19-21-22)12-6-4-11(5-7-12)15(17)24/h2-8,10H,9H2,1H3,(H2,17,24)(H,18,23)/t10-/m0/s1. The van der Waals surface area contributed by atoms with Crippen LogP contribution in [0, 0.1) is 0 Å². The molecule has 2 heterocycles. The van der Waals surface area contributed by atoms with Crippen LogP contribution in [0.15, 0.2) is 47.1 Å².